The molecule has 0 aromatic carbocycles. The van der Waals surface area contributed by atoms with Crippen LogP contribution in [0.5, 0.6) is 0 Å². The second-order valence-corrected chi connectivity index (χ2v) is 4.80. The molecular formula is C13H19NO2S. The highest BCUT2D eigenvalue weighted by molar-refractivity contribution is 8.05. The zero-order valence-corrected chi connectivity index (χ0v) is 11.2. The molecule has 0 N–H and O–H groups in total. The van der Waals surface area contributed by atoms with E-state index in [9.17, 15) is 4.79 Å². The van der Waals surface area contributed by atoms with Gasteiger partial charge in [0.05, 0.1) is 13.2 Å². The molecule has 0 spiro atoms. The Kier molecular flexibility index (Phi) is 6.08. The average molecular weight is 253 g/mol. The van der Waals surface area contributed by atoms with Gasteiger partial charge in [0, 0.05) is 18.4 Å². The van der Waals surface area contributed by atoms with Gasteiger partial charge >= 0.3 is 0 Å². The molecule has 94 valence electrons. The normalized spacial score (nSPS) is 21.3. The predicted octanol–water partition coefficient (Wildman–Crippen LogP) is 2.57. The minimum atomic E-state index is -0.0621. The van der Waals surface area contributed by atoms with Crippen molar-refractivity contribution in [3.05, 3.63) is 35.1 Å². The number of hydrogen-bond acceptors (Lipinski definition) is 3. The molecule has 1 aliphatic heterocycles. The van der Waals surface area contributed by atoms with Crippen LogP contribution in [0.4, 0.5) is 0 Å². The lowest BCUT2D eigenvalue weighted by atomic mass is 10.2. The van der Waals surface area contributed by atoms with Gasteiger partial charge < -0.3 is 9.64 Å². The number of ether oxygens (including phenoxy) is 1. The first-order valence-electron chi connectivity index (χ1n) is 5.65. The van der Waals surface area contributed by atoms with Crippen molar-refractivity contribution in [3.8, 4) is 0 Å². The molecule has 0 aliphatic carbocycles. The maximum absolute atomic E-state index is 11.3. The van der Waals surface area contributed by atoms with E-state index in [2.05, 4.69) is 6.58 Å². The second-order valence-electron chi connectivity index (χ2n) is 3.76. The molecule has 1 amide bonds. The quantitative estimate of drug-likeness (QED) is 0.721. The van der Waals surface area contributed by atoms with Crippen LogP contribution in [0.25, 0.3) is 0 Å². The van der Waals surface area contributed by atoms with Crippen LogP contribution < -0.4 is 0 Å². The third-order valence-corrected chi connectivity index (χ3v) is 3.33. The number of hydrogen-bond donors (Lipinski definition) is 0. The van der Waals surface area contributed by atoms with E-state index in [0.717, 1.165) is 4.91 Å². The zero-order valence-electron chi connectivity index (χ0n) is 10.4. The third kappa shape index (κ3) is 4.79. The third-order valence-electron chi connectivity index (χ3n) is 2.47. The molecule has 0 radical (unpaired) electrons. The Bertz CT molecular complexity index is 336. The SMILES string of the molecule is C=C(S/C=C\C=C\C)C1CN(C(C)=O)CCO1. The Balaban J connectivity index is 2.43. The minimum absolute atomic E-state index is 0.0621. The molecule has 1 fully saturated rings. The van der Waals surface area contributed by atoms with E-state index in [-0.39, 0.29) is 12.0 Å². The summed E-state index contributed by atoms with van der Waals surface area (Å²) in [6, 6.07) is 0. The van der Waals surface area contributed by atoms with Crippen LogP contribution in [0.3, 0.4) is 0 Å². The minimum Gasteiger partial charge on any atom is -0.369 e. The van der Waals surface area contributed by atoms with E-state index in [4.69, 9.17) is 4.74 Å². The number of allylic oxidation sites excluding steroid dienone is 3. The molecule has 0 bridgehead atoms. The molecular weight excluding hydrogens is 234 g/mol. The van der Waals surface area contributed by atoms with Crippen LogP contribution in [0.2, 0.25) is 0 Å². The van der Waals surface area contributed by atoms with Crippen molar-refractivity contribution in [2.75, 3.05) is 19.7 Å². The molecule has 1 unspecified atom stereocenters. The standard InChI is InChI=1S/C13H19NO2S/c1-4-5-6-9-17-11(2)13-10-14(12(3)15)7-8-16-13/h4-6,9,13H,2,7-8,10H2,1,3H3/b5-4+,9-6-. The fraction of sp³-hybridized carbons (Fsp3) is 0.462. The van der Waals surface area contributed by atoms with Crippen molar-refractivity contribution < 1.29 is 9.53 Å². The maximum atomic E-state index is 11.3. The average Bonchev–Trinajstić information content (AvgIpc) is 2.34. The number of nitrogens with zero attached hydrogens (tertiary/aromatic N) is 1. The van der Waals surface area contributed by atoms with E-state index < -0.39 is 0 Å². The zero-order chi connectivity index (χ0) is 12.7. The van der Waals surface area contributed by atoms with Crippen molar-refractivity contribution >= 4 is 17.7 Å². The predicted molar refractivity (Wildman–Crippen MR) is 72.7 cm³/mol. The van der Waals surface area contributed by atoms with E-state index in [1.54, 1.807) is 23.6 Å². The first kappa shape index (κ1) is 14.1. The number of amides is 1. The van der Waals surface area contributed by atoms with Crippen molar-refractivity contribution in [2.45, 2.75) is 20.0 Å². The number of carbonyl (C=O) groups excluding carboxylic acids is 1. The largest absolute Gasteiger partial charge is 0.369 e. The summed E-state index contributed by atoms with van der Waals surface area (Å²) in [6.45, 7) is 9.43. The smallest absolute Gasteiger partial charge is 0.219 e. The second kappa shape index (κ2) is 7.35. The van der Waals surface area contributed by atoms with Gasteiger partial charge in [-0.3, -0.25) is 4.79 Å². The molecule has 1 aliphatic rings. The Hall–Kier alpha value is -1.00. The summed E-state index contributed by atoms with van der Waals surface area (Å²) in [7, 11) is 0. The highest BCUT2D eigenvalue weighted by atomic mass is 32.2. The Morgan fingerprint density at radius 1 is 1.53 bits per heavy atom. The van der Waals surface area contributed by atoms with Crippen LogP contribution in [-0.2, 0) is 9.53 Å². The molecule has 1 heterocycles. The molecule has 4 heteroatoms. The maximum Gasteiger partial charge on any atom is 0.219 e. The van der Waals surface area contributed by atoms with Gasteiger partial charge in [-0.1, -0.05) is 24.8 Å². The van der Waals surface area contributed by atoms with Gasteiger partial charge in [-0.25, -0.2) is 0 Å². The van der Waals surface area contributed by atoms with Gasteiger partial charge in [-0.05, 0) is 12.3 Å². The van der Waals surface area contributed by atoms with Crippen LogP contribution in [-0.4, -0.2) is 36.6 Å². The van der Waals surface area contributed by atoms with Gasteiger partial charge in [-0.15, -0.1) is 11.8 Å². The van der Waals surface area contributed by atoms with Gasteiger partial charge in [0.1, 0.15) is 6.10 Å². The molecule has 17 heavy (non-hydrogen) atoms. The molecule has 3 nitrogen and oxygen atoms in total. The molecule has 1 atom stereocenters. The van der Waals surface area contributed by atoms with Crippen LogP contribution in [0, 0.1) is 0 Å². The van der Waals surface area contributed by atoms with Crippen LogP contribution >= 0.6 is 11.8 Å². The van der Waals surface area contributed by atoms with Gasteiger partial charge in [0.2, 0.25) is 5.91 Å². The van der Waals surface area contributed by atoms with Gasteiger partial charge in [0.25, 0.3) is 0 Å². The summed E-state index contributed by atoms with van der Waals surface area (Å²) in [5.41, 5.74) is 0. The number of rotatable bonds is 4. The summed E-state index contributed by atoms with van der Waals surface area (Å²) in [4.78, 5) is 14.0. The van der Waals surface area contributed by atoms with Crippen LogP contribution in [0.15, 0.2) is 35.1 Å². The first-order chi connectivity index (χ1) is 8.15. The van der Waals surface area contributed by atoms with Crippen molar-refractivity contribution in [1.82, 2.24) is 4.90 Å². The highest BCUT2D eigenvalue weighted by Gasteiger charge is 2.23. The fourth-order valence-corrected chi connectivity index (χ4v) is 2.13. The Morgan fingerprint density at radius 3 is 2.94 bits per heavy atom. The molecule has 0 saturated carbocycles. The monoisotopic (exact) mass is 253 g/mol. The topological polar surface area (TPSA) is 29.5 Å². The summed E-state index contributed by atoms with van der Waals surface area (Å²) < 4.78 is 5.61. The van der Waals surface area contributed by atoms with Crippen molar-refractivity contribution in [3.63, 3.8) is 0 Å². The van der Waals surface area contributed by atoms with E-state index in [1.165, 1.54) is 0 Å². The van der Waals surface area contributed by atoms with E-state index in [0.29, 0.717) is 19.7 Å². The van der Waals surface area contributed by atoms with E-state index in [1.807, 2.05) is 30.6 Å². The lowest BCUT2D eigenvalue weighted by Gasteiger charge is -2.32. The lowest BCUT2D eigenvalue weighted by Crippen LogP contribution is -2.44. The molecule has 1 rings (SSSR count). The molecule has 1 saturated heterocycles. The fourth-order valence-electron chi connectivity index (χ4n) is 1.49. The number of thioether (sulfide) groups is 1. The summed E-state index contributed by atoms with van der Waals surface area (Å²) >= 11 is 1.55. The van der Waals surface area contributed by atoms with E-state index >= 15 is 0 Å². The Labute approximate surface area is 107 Å². The highest BCUT2D eigenvalue weighted by Crippen LogP contribution is 2.23. The molecule has 0 aromatic rings. The van der Waals surface area contributed by atoms with Crippen molar-refractivity contribution in [2.24, 2.45) is 0 Å². The van der Waals surface area contributed by atoms with Gasteiger partial charge in [-0.2, -0.15) is 0 Å². The summed E-state index contributed by atoms with van der Waals surface area (Å²) in [5.74, 6) is 0.0977. The molecule has 0 aromatic heterocycles. The summed E-state index contributed by atoms with van der Waals surface area (Å²) in [6.07, 6.45) is 5.83. The van der Waals surface area contributed by atoms with Crippen molar-refractivity contribution in [1.29, 1.82) is 0 Å². The number of carbonyl (C=O) groups is 1. The van der Waals surface area contributed by atoms with Gasteiger partial charge in [0.15, 0.2) is 0 Å². The van der Waals surface area contributed by atoms with Crippen LogP contribution in [0.1, 0.15) is 13.8 Å². The Morgan fingerprint density at radius 2 is 2.29 bits per heavy atom. The lowest BCUT2D eigenvalue weighted by molar-refractivity contribution is -0.134. The summed E-state index contributed by atoms with van der Waals surface area (Å²) in [5, 5.41) is 1.97. The number of morpholine rings is 1. The first-order valence-corrected chi connectivity index (χ1v) is 6.53.